The molecule has 0 aromatic carbocycles. The van der Waals surface area contributed by atoms with E-state index < -0.39 is 32.4 Å². The number of hydrogen-bond donors (Lipinski definition) is 6. The molecule has 0 aliphatic heterocycles. The lowest BCUT2D eigenvalue weighted by Gasteiger charge is -2.16. The van der Waals surface area contributed by atoms with Gasteiger partial charge in [-0.1, -0.05) is 0 Å². The van der Waals surface area contributed by atoms with Crippen molar-refractivity contribution in [3.05, 3.63) is 23.0 Å². The summed E-state index contributed by atoms with van der Waals surface area (Å²) in [5, 5.41) is 30.5. The summed E-state index contributed by atoms with van der Waals surface area (Å²) in [5.41, 5.74) is 0.752. The second-order valence-corrected chi connectivity index (χ2v) is 6.47. The van der Waals surface area contributed by atoms with Crippen molar-refractivity contribution in [3.63, 3.8) is 0 Å². The first-order valence-corrected chi connectivity index (χ1v) is 8.64. The number of aromatic nitrogens is 1. The molecule has 0 saturated heterocycles. The fourth-order valence-electron chi connectivity index (χ4n) is 2.01. The molecule has 12 heteroatoms. The Morgan fingerprint density at radius 3 is 2.52 bits per heavy atom. The Morgan fingerprint density at radius 1 is 1.36 bits per heavy atom. The molecule has 140 valence electrons. The van der Waals surface area contributed by atoms with Gasteiger partial charge in [0.25, 0.3) is 0 Å². The van der Waals surface area contributed by atoms with Crippen LogP contribution in [0.15, 0.2) is 6.20 Å². The summed E-state index contributed by atoms with van der Waals surface area (Å²) in [6.45, 7) is 0.863. The van der Waals surface area contributed by atoms with Crippen molar-refractivity contribution in [1.82, 2.24) is 5.32 Å². The summed E-state index contributed by atoms with van der Waals surface area (Å²) in [6, 6.07) is -1.17. The van der Waals surface area contributed by atoms with Gasteiger partial charge in [-0.15, -0.1) is 0 Å². The minimum Gasteiger partial charge on any atom is -0.502 e. The van der Waals surface area contributed by atoms with E-state index in [1.807, 2.05) is 0 Å². The second-order valence-electron chi connectivity index (χ2n) is 5.23. The SMILES string of the molecule is Cc1[nH+]cc(COP(=O)(O)O)c(CN[C@H](CCC(=O)O)C(=O)O)c1O. The summed E-state index contributed by atoms with van der Waals surface area (Å²) in [6.07, 6.45) is 0.845. The standard InChI is InChI=1S/C13H19N2O9P/c1-7-12(18)9(8(4-14-7)6-24-25(21,22)23)5-15-10(13(19)20)2-3-11(16)17/h4,10,15,18H,2-3,5-6H2,1H3,(H,16,17)(H,19,20)(H2,21,22,23)/p+1/t10-/m1/s1. The number of H-pyrrole nitrogens is 1. The number of aliphatic carboxylic acids is 2. The zero-order valence-corrected chi connectivity index (χ0v) is 14.2. The summed E-state index contributed by atoms with van der Waals surface area (Å²) in [5.74, 6) is -2.62. The highest BCUT2D eigenvalue weighted by molar-refractivity contribution is 7.46. The van der Waals surface area contributed by atoms with Crippen LogP contribution in [-0.2, 0) is 31.8 Å². The maximum atomic E-state index is 11.2. The number of aromatic amines is 1. The summed E-state index contributed by atoms with van der Waals surface area (Å²) < 4.78 is 15.2. The molecule has 25 heavy (non-hydrogen) atoms. The number of aromatic hydroxyl groups is 1. The number of aryl methyl sites for hydroxylation is 1. The number of rotatable bonds is 10. The van der Waals surface area contributed by atoms with Gasteiger partial charge in [-0.05, 0) is 6.42 Å². The van der Waals surface area contributed by atoms with Gasteiger partial charge in [-0.25, -0.2) is 9.55 Å². The van der Waals surface area contributed by atoms with Crippen molar-refractivity contribution in [2.24, 2.45) is 0 Å². The van der Waals surface area contributed by atoms with Crippen LogP contribution in [0, 0.1) is 6.92 Å². The molecule has 0 amide bonds. The van der Waals surface area contributed by atoms with Crippen molar-refractivity contribution >= 4 is 19.8 Å². The predicted molar refractivity (Wildman–Crippen MR) is 81.4 cm³/mol. The van der Waals surface area contributed by atoms with Crippen molar-refractivity contribution in [3.8, 4) is 5.75 Å². The molecule has 0 aliphatic rings. The Labute approximate surface area is 142 Å². The number of carboxylic acid groups (broad SMARTS) is 2. The molecule has 0 spiro atoms. The van der Waals surface area contributed by atoms with E-state index in [0.717, 1.165) is 0 Å². The van der Waals surface area contributed by atoms with Gasteiger partial charge in [-0.3, -0.25) is 14.1 Å². The largest absolute Gasteiger partial charge is 0.502 e. The number of phosphoric acid groups is 1. The van der Waals surface area contributed by atoms with Gasteiger partial charge >= 0.3 is 19.8 Å². The number of phosphoric ester groups is 1. The van der Waals surface area contributed by atoms with Crippen molar-refractivity contribution < 1.29 is 48.8 Å². The lowest BCUT2D eigenvalue weighted by atomic mass is 10.1. The number of carboxylic acids is 2. The first kappa shape index (κ1) is 21.0. The smallest absolute Gasteiger partial charge is 0.469 e. The van der Waals surface area contributed by atoms with E-state index in [1.54, 1.807) is 6.92 Å². The van der Waals surface area contributed by atoms with Gasteiger partial charge in [0.2, 0.25) is 5.69 Å². The molecule has 0 saturated carbocycles. The van der Waals surface area contributed by atoms with Gasteiger partial charge in [0.05, 0.1) is 12.2 Å². The molecule has 7 N–H and O–H groups in total. The summed E-state index contributed by atoms with van der Waals surface area (Å²) in [7, 11) is -4.73. The Kier molecular flexibility index (Phi) is 7.46. The van der Waals surface area contributed by atoms with E-state index in [9.17, 15) is 19.3 Å². The first-order chi connectivity index (χ1) is 11.5. The van der Waals surface area contributed by atoms with Crippen LogP contribution in [-0.4, -0.2) is 43.1 Å². The Hall–Kier alpha value is -2.04. The van der Waals surface area contributed by atoms with Gasteiger partial charge in [0.15, 0.2) is 11.9 Å². The number of pyridine rings is 1. The minimum atomic E-state index is -4.73. The third-order valence-electron chi connectivity index (χ3n) is 3.35. The van der Waals surface area contributed by atoms with Crippen LogP contribution >= 0.6 is 7.82 Å². The maximum Gasteiger partial charge on any atom is 0.469 e. The molecule has 0 bridgehead atoms. The molecule has 1 rings (SSSR count). The number of hydrogen-bond acceptors (Lipinski definition) is 6. The average Bonchev–Trinajstić information content (AvgIpc) is 2.48. The highest BCUT2D eigenvalue weighted by atomic mass is 31.2. The molecule has 1 aromatic rings. The molecule has 0 unspecified atom stereocenters. The first-order valence-electron chi connectivity index (χ1n) is 7.11. The Bertz CT molecular complexity index is 688. The Balaban J connectivity index is 2.94. The molecular formula is C13H20N2O9P+. The average molecular weight is 379 g/mol. The van der Waals surface area contributed by atoms with E-state index in [0.29, 0.717) is 5.69 Å². The van der Waals surface area contributed by atoms with Gasteiger partial charge in [-0.2, -0.15) is 0 Å². The molecule has 1 aromatic heterocycles. The van der Waals surface area contributed by atoms with Gasteiger partial charge < -0.3 is 30.4 Å². The molecule has 0 fully saturated rings. The number of nitrogens with one attached hydrogen (secondary N) is 2. The van der Waals surface area contributed by atoms with Gasteiger partial charge in [0, 0.05) is 25.5 Å². The Morgan fingerprint density at radius 2 is 2.00 bits per heavy atom. The zero-order chi connectivity index (χ0) is 19.2. The zero-order valence-electron chi connectivity index (χ0n) is 13.3. The van der Waals surface area contributed by atoms with Crippen molar-refractivity contribution in [2.75, 3.05) is 0 Å². The minimum absolute atomic E-state index is 0.169. The fourth-order valence-corrected chi connectivity index (χ4v) is 2.32. The van der Waals surface area contributed by atoms with Gasteiger partial charge in [0.1, 0.15) is 6.04 Å². The van der Waals surface area contributed by atoms with Crippen molar-refractivity contribution in [1.29, 1.82) is 0 Å². The maximum absolute atomic E-state index is 11.2. The van der Waals surface area contributed by atoms with Crippen LogP contribution in [0.5, 0.6) is 5.75 Å². The summed E-state index contributed by atoms with van der Waals surface area (Å²) >= 11 is 0. The predicted octanol–water partition coefficient (Wildman–Crippen LogP) is -0.468. The second kappa shape index (κ2) is 8.88. The van der Waals surface area contributed by atoms with Crippen LogP contribution in [0.25, 0.3) is 0 Å². The van der Waals surface area contributed by atoms with E-state index in [4.69, 9.17) is 20.0 Å². The molecular weight excluding hydrogens is 359 g/mol. The van der Waals surface area contributed by atoms with E-state index in [2.05, 4.69) is 14.8 Å². The fraction of sp³-hybridized carbons (Fsp3) is 0.462. The lowest BCUT2D eigenvalue weighted by molar-refractivity contribution is -0.389. The monoisotopic (exact) mass is 379 g/mol. The van der Waals surface area contributed by atoms with Crippen LogP contribution in [0.1, 0.15) is 29.7 Å². The van der Waals surface area contributed by atoms with E-state index in [1.165, 1.54) is 6.20 Å². The quantitative estimate of drug-likeness (QED) is 0.290. The van der Waals surface area contributed by atoms with Crippen LogP contribution in [0.4, 0.5) is 0 Å². The normalized spacial score (nSPS) is 12.8. The topological polar surface area (TPSA) is 188 Å². The van der Waals surface area contributed by atoms with Crippen LogP contribution in [0.3, 0.4) is 0 Å². The molecule has 1 heterocycles. The molecule has 1 atom stereocenters. The van der Waals surface area contributed by atoms with E-state index >= 15 is 0 Å². The third kappa shape index (κ3) is 7.16. The van der Waals surface area contributed by atoms with E-state index in [-0.39, 0.29) is 36.3 Å². The number of carbonyl (C=O) groups is 2. The lowest BCUT2D eigenvalue weighted by Crippen LogP contribution is -2.37. The van der Waals surface area contributed by atoms with Crippen molar-refractivity contribution in [2.45, 2.75) is 39.0 Å². The van der Waals surface area contributed by atoms with Crippen LogP contribution in [0.2, 0.25) is 0 Å². The highest BCUT2D eigenvalue weighted by Crippen LogP contribution is 2.37. The van der Waals surface area contributed by atoms with Crippen LogP contribution < -0.4 is 10.3 Å². The molecule has 11 nitrogen and oxygen atoms in total. The highest BCUT2D eigenvalue weighted by Gasteiger charge is 2.23. The summed E-state index contributed by atoms with van der Waals surface area (Å²) in [4.78, 5) is 42.0. The third-order valence-corrected chi connectivity index (χ3v) is 3.82. The molecule has 0 radical (unpaired) electrons. The molecule has 0 aliphatic carbocycles.